The second kappa shape index (κ2) is 8.29. The van der Waals surface area contributed by atoms with Crippen LogP contribution in [0.1, 0.15) is 26.3 Å². The van der Waals surface area contributed by atoms with Crippen LogP contribution in [0.5, 0.6) is 0 Å². The molecule has 2 N–H and O–H groups in total. The zero-order chi connectivity index (χ0) is 17.5. The minimum atomic E-state index is -0.505. The number of rotatable bonds is 7. The second-order valence-corrected chi connectivity index (χ2v) is 6.09. The molecule has 1 unspecified atom stereocenters. The first-order chi connectivity index (χ1) is 11.5. The number of amides is 2. The lowest BCUT2D eigenvalue weighted by atomic mass is 10.0. The predicted molar refractivity (Wildman–Crippen MR) is 92.7 cm³/mol. The number of nitrogens with zero attached hydrogens (tertiary/aromatic N) is 2. The molecule has 2 rings (SSSR count). The predicted octanol–water partition coefficient (Wildman–Crippen LogP) is 1.69. The van der Waals surface area contributed by atoms with Gasteiger partial charge in [-0.25, -0.2) is 4.68 Å². The summed E-state index contributed by atoms with van der Waals surface area (Å²) in [5, 5.41) is 9.90. The van der Waals surface area contributed by atoms with Gasteiger partial charge in [-0.1, -0.05) is 32.0 Å². The number of nitrogens with one attached hydrogen (secondary N) is 2. The minimum absolute atomic E-state index is 0.0368. The summed E-state index contributed by atoms with van der Waals surface area (Å²) in [6.45, 7) is 5.73. The van der Waals surface area contributed by atoms with Gasteiger partial charge in [0.2, 0.25) is 11.8 Å². The monoisotopic (exact) mass is 328 g/mol. The fourth-order valence-corrected chi connectivity index (χ4v) is 2.41. The Morgan fingerprint density at radius 2 is 1.92 bits per heavy atom. The molecule has 1 atom stereocenters. The molecular formula is C18H24N4O2. The third-order valence-corrected chi connectivity index (χ3v) is 3.68. The second-order valence-electron chi connectivity index (χ2n) is 6.09. The number of hydrogen-bond donors (Lipinski definition) is 2. The molecular weight excluding hydrogens is 304 g/mol. The van der Waals surface area contributed by atoms with Crippen molar-refractivity contribution in [2.45, 2.75) is 33.2 Å². The van der Waals surface area contributed by atoms with Gasteiger partial charge in [-0.2, -0.15) is 5.10 Å². The molecule has 0 fully saturated rings. The smallest absolute Gasteiger partial charge is 0.242 e. The topological polar surface area (TPSA) is 76.0 Å². The molecule has 2 aromatic rings. The van der Waals surface area contributed by atoms with Crippen molar-refractivity contribution < 1.29 is 9.59 Å². The van der Waals surface area contributed by atoms with Gasteiger partial charge < -0.3 is 10.6 Å². The number of carbonyl (C=O) groups is 2. The molecule has 0 saturated carbocycles. The Morgan fingerprint density at radius 3 is 2.54 bits per heavy atom. The van der Waals surface area contributed by atoms with Crippen molar-refractivity contribution in [3.8, 4) is 5.69 Å². The summed E-state index contributed by atoms with van der Waals surface area (Å²) in [4.78, 5) is 23.4. The lowest BCUT2D eigenvalue weighted by molar-refractivity contribution is -0.129. The maximum absolute atomic E-state index is 12.2. The highest BCUT2D eigenvalue weighted by molar-refractivity contribution is 5.87. The van der Waals surface area contributed by atoms with Gasteiger partial charge in [0.25, 0.3) is 0 Å². The fourth-order valence-electron chi connectivity index (χ4n) is 2.41. The molecule has 0 spiro atoms. The summed E-state index contributed by atoms with van der Waals surface area (Å²) >= 11 is 0. The maximum Gasteiger partial charge on any atom is 0.242 e. The zero-order valence-electron chi connectivity index (χ0n) is 14.3. The van der Waals surface area contributed by atoms with Gasteiger partial charge >= 0.3 is 0 Å². The Bertz CT molecular complexity index is 679. The van der Waals surface area contributed by atoms with E-state index in [9.17, 15) is 9.59 Å². The van der Waals surface area contributed by atoms with E-state index in [0.29, 0.717) is 13.0 Å². The lowest BCUT2D eigenvalue weighted by Gasteiger charge is -2.20. The molecule has 0 aliphatic carbocycles. The van der Waals surface area contributed by atoms with Crippen molar-refractivity contribution >= 4 is 11.8 Å². The van der Waals surface area contributed by atoms with Gasteiger partial charge in [0.1, 0.15) is 6.04 Å². The molecule has 1 heterocycles. The highest BCUT2D eigenvalue weighted by Gasteiger charge is 2.22. The first kappa shape index (κ1) is 17.7. The van der Waals surface area contributed by atoms with Crippen LogP contribution < -0.4 is 10.6 Å². The molecule has 0 aliphatic rings. The van der Waals surface area contributed by atoms with Gasteiger partial charge in [-0.05, 0) is 30.0 Å². The maximum atomic E-state index is 12.2. The van der Waals surface area contributed by atoms with E-state index in [-0.39, 0.29) is 17.7 Å². The third-order valence-electron chi connectivity index (χ3n) is 3.68. The van der Waals surface area contributed by atoms with Gasteiger partial charge in [0.15, 0.2) is 0 Å². The van der Waals surface area contributed by atoms with Gasteiger partial charge in [-0.15, -0.1) is 0 Å². The molecule has 0 saturated heterocycles. The Kier molecular flexibility index (Phi) is 6.12. The Balaban J connectivity index is 1.87. The Hall–Kier alpha value is -2.63. The molecule has 0 bridgehead atoms. The fraction of sp³-hybridized carbons (Fsp3) is 0.389. The average Bonchev–Trinajstić information content (AvgIpc) is 3.02. The van der Waals surface area contributed by atoms with E-state index in [0.717, 1.165) is 11.3 Å². The summed E-state index contributed by atoms with van der Waals surface area (Å²) in [6.07, 6.45) is 4.44. The number of hydrogen-bond acceptors (Lipinski definition) is 3. The van der Waals surface area contributed by atoms with Crippen LogP contribution in [0, 0.1) is 5.92 Å². The first-order valence-electron chi connectivity index (χ1n) is 8.11. The van der Waals surface area contributed by atoms with Crippen LogP contribution in [-0.2, 0) is 16.0 Å². The van der Waals surface area contributed by atoms with Crippen molar-refractivity contribution in [3.05, 3.63) is 48.3 Å². The van der Waals surface area contributed by atoms with Crippen molar-refractivity contribution in [3.63, 3.8) is 0 Å². The summed E-state index contributed by atoms with van der Waals surface area (Å²) < 4.78 is 1.81. The SMILES string of the molecule is CC(=O)NC(C(=O)NCCc1cnn(-c2ccccc2)c1)C(C)C. The van der Waals surface area contributed by atoms with Crippen molar-refractivity contribution in [2.24, 2.45) is 5.92 Å². The molecule has 1 aromatic heterocycles. The van der Waals surface area contributed by atoms with E-state index in [1.54, 1.807) is 6.20 Å². The van der Waals surface area contributed by atoms with E-state index in [4.69, 9.17) is 0 Å². The molecule has 24 heavy (non-hydrogen) atoms. The number of aromatic nitrogens is 2. The standard InChI is InChI=1S/C18H24N4O2/c1-13(2)17(21-14(3)23)18(24)19-10-9-15-11-20-22(12-15)16-7-5-4-6-8-16/h4-8,11-13,17H,9-10H2,1-3H3,(H,19,24)(H,21,23). The van der Waals surface area contributed by atoms with Crippen LogP contribution in [0.25, 0.3) is 5.69 Å². The Labute approximate surface area is 142 Å². The highest BCUT2D eigenvalue weighted by Crippen LogP contribution is 2.08. The van der Waals surface area contributed by atoms with Crippen molar-refractivity contribution in [2.75, 3.05) is 6.54 Å². The van der Waals surface area contributed by atoms with Crippen LogP contribution in [0.2, 0.25) is 0 Å². The van der Waals surface area contributed by atoms with Crippen LogP contribution >= 0.6 is 0 Å². The normalized spacial score (nSPS) is 12.0. The lowest BCUT2D eigenvalue weighted by Crippen LogP contribution is -2.49. The van der Waals surface area contributed by atoms with Crippen LogP contribution in [-0.4, -0.2) is 34.2 Å². The van der Waals surface area contributed by atoms with Gasteiger partial charge in [0.05, 0.1) is 11.9 Å². The zero-order valence-corrected chi connectivity index (χ0v) is 14.3. The quantitative estimate of drug-likeness (QED) is 0.812. The number of benzene rings is 1. The molecule has 6 heteroatoms. The summed E-state index contributed by atoms with van der Waals surface area (Å²) in [5.41, 5.74) is 2.04. The van der Waals surface area contributed by atoms with E-state index >= 15 is 0 Å². The highest BCUT2D eigenvalue weighted by atomic mass is 16.2. The number of para-hydroxylation sites is 1. The molecule has 0 radical (unpaired) electrons. The van der Waals surface area contributed by atoms with E-state index < -0.39 is 6.04 Å². The third kappa shape index (κ3) is 4.94. The summed E-state index contributed by atoms with van der Waals surface area (Å²) in [5.74, 6) is -0.321. The summed E-state index contributed by atoms with van der Waals surface area (Å²) in [7, 11) is 0. The minimum Gasteiger partial charge on any atom is -0.354 e. The van der Waals surface area contributed by atoms with Crippen molar-refractivity contribution in [1.29, 1.82) is 0 Å². The van der Waals surface area contributed by atoms with E-state index in [1.807, 2.05) is 55.1 Å². The molecule has 6 nitrogen and oxygen atoms in total. The van der Waals surface area contributed by atoms with E-state index in [2.05, 4.69) is 15.7 Å². The van der Waals surface area contributed by atoms with E-state index in [1.165, 1.54) is 6.92 Å². The largest absolute Gasteiger partial charge is 0.354 e. The van der Waals surface area contributed by atoms with Gasteiger partial charge in [-0.3, -0.25) is 9.59 Å². The Morgan fingerprint density at radius 1 is 1.21 bits per heavy atom. The molecule has 2 amide bonds. The summed E-state index contributed by atoms with van der Waals surface area (Å²) in [6, 6.07) is 9.35. The number of carbonyl (C=O) groups excluding carboxylic acids is 2. The van der Waals surface area contributed by atoms with Crippen LogP contribution in [0.4, 0.5) is 0 Å². The van der Waals surface area contributed by atoms with Gasteiger partial charge in [0, 0.05) is 19.7 Å². The molecule has 0 aliphatic heterocycles. The van der Waals surface area contributed by atoms with Crippen LogP contribution in [0.15, 0.2) is 42.7 Å². The average molecular weight is 328 g/mol. The van der Waals surface area contributed by atoms with Crippen molar-refractivity contribution in [1.82, 2.24) is 20.4 Å². The molecule has 128 valence electrons. The first-order valence-corrected chi connectivity index (χ1v) is 8.11. The van der Waals surface area contributed by atoms with Crippen LogP contribution in [0.3, 0.4) is 0 Å². The molecule has 1 aromatic carbocycles.